The van der Waals surface area contributed by atoms with Gasteiger partial charge in [-0.1, -0.05) is 39.0 Å². The molecule has 1 heterocycles. The molecular weight excluding hydrogens is 350 g/mol. The van der Waals surface area contributed by atoms with Gasteiger partial charge in [-0.3, -0.25) is 4.98 Å². The molecule has 0 spiro atoms. The third-order valence-corrected chi connectivity index (χ3v) is 4.93. The Balaban J connectivity index is 2.26. The van der Waals surface area contributed by atoms with Crippen LogP contribution in [0.4, 0.5) is 0 Å². The van der Waals surface area contributed by atoms with Crippen LogP contribution < -0.4 is 4.74 Å². The Morgan fingerprint density at radius 1 is 1.04 bits per heavy atom. The molecule has 0 aliphatic carbocycles. The van der Waals surface area contributed by atoms with Gasteiger partial charge < -0.3 is 14.7 Å². The average molecular weight is 380 g/mol. The summed E-state index contributed by atoms with van der Waals surface area (Å²) in [6.07, 6.45) is 1.66. The molecule has 0 radical (unpaired) electrons. The molecule has 0 bridgehead atoms. The lowest BCUT2D eigenvalue weighted by atomic mass is 9.81. The van der Waals surface area contributed by atoms with Crippen LogP contribution >= 0.6 is 0 Å². The van der Waals surface area contributed by atoms with E-state index in [0.29, 0.717) is 23.6 Å². The Labute approximate surface area is 167 Å². The van der Waals surface area contributed by atoms with Gasteiger partial charge in [-0.05, 0) is 49.3 Å². The number of hydrogen-bond donors (Lipinski definition) is 1. The van der Waals surface area contributed by atoms with Gasteiger partial charge in [-0.25, -0.2) is 4.98 Å². The molecule has 5 heteroatoms. The molecule has 1 unspecified atom stereocenters. The SMILES string of the molecule is COc1ccc(C(C)(C)C)cc1C(O)(CN(C)C)c1cnc2ccccc2n1. The van der Waals surface area contributed by atoms with Crippen molar-refractivity contribution in [3.63, 3.8) is 0 Å². The Kier molecular flexibility index (Phi) is 5.41. The van der Waals surface area contributed by atoms with Crippen molar-refractivity contribution in [2.75, 3.05) is 27.7 Å². The van der Waals surface area contributed by atoms with Crippen LogP contribution in [0.15, 0.2) is 48.7 Å². The summed E-state index contributed by atoms with van der Waals surface area (Å²) in [7, 11) is 5.48. The van der Waals surface area contributed by atoms with Gasteiger partial charge in [0.15, 0.2) is 0 Å². The second-order valence-electron chi connectivity index (χ2n) is 8.51. The van der Waals surface area contributed by atoms with Gasteiger partial charge >= 0.3 is 0 Å². The molecule has 28 heavy (non-hydrogen) atoms. The minimum atomic E-state index is -1.37. The number of aliphatic hydroxyl groups is 1. The summed E-state index contributed by atoms with van der Waals surface area (Å²) < 4.78 is 5.62. The molecule has 0 aliphatic heterocycles. The number of likely N-dealkylation sites (N-methyl/N-ethyl adjacent to an activating group) is 1. The normalized spacial score (nSPS) is 14.3. The van der Waals surface area contributed by atoms with Gasteiger partial charge in [0, 0.05) is 12.1 Å². The van der Waals surface area contributed by atoms with Gasteiger partial charge in [0.1, 0.15) is 11.4 Å². The summed E-state index contributed by atoms with van der Waals surface area (Å²) in [5.74, 6) is 0.632. The molecule has 1 N–H and O–H groups in total. The van der Waals surface area contributed by atoms with Crippen molar-refractivity contribution in [1.29, 1.82) is 0 Å². The van der Waals surface area contributed by atoms with Crippen molar-refractivity contribution < 1.29 is 9.84 Å². The number of hydrogen-bond acceptors (Lipinski definition) is 5. The molecule has 0 amide bonds. The molecule has 0 aliphatic rings. The van der Waals surface area contributed by atoms with Crippen LogP contribution in [0.25, 0.3) is 11.0 Å². The standard InChI is InChI=1S/C23H29N3O2/c1-22(2,3)16-11-12-20(28-6)17(13-16)23(27,15-26(4)5)21-14-24-18-9-7-8-10-19(18)25-21/h7-14,27H,15H2,1-6H3. The van der Waals surface area contributed by atoms with Gasteiger partial charge in [0.2, 0.25) is 0 Å². The number of rotatable bonds is 5. The lowest BCUT2D eigenvalue weighted by molar-refractivity contribution is 0.0448. The number of methoxy groups -OCH3 is 1. The van der Waals surface area contributed by atoms with Crippen molar-refractivity contribution in [2.45, 2.75) is 31.8 Å². The highest BCUT2D eigenvalue weighted by Crippen LogP contribution is 2.38. The maximum Gasteiger partial charge on any atom is 0.149 e. The van der Waals surface area contributed by atoms with Gasteiger partial charge in [0.05, 0.1) is 30.0 Å². The number of nitrogens with zero attached hydrogens (tertiary/aromatic N) is 3. The summed E-state index contributed by atoms with van der Waals surface area (Å²) in [6.45, 7) is 6.81. The fourth-order valence-corrected chi connectivity index (χ4v) is 3.42. The van der Waals surface area contributed by atoms with Crippen LogP contribution in [0, 0.1) is 0 Å². The minimum Gasteiger partial charge on any atom is -0.496 e. The molecule has 2 aromatic carbocycles. The fourth-order valence-electron chi connectivity index (χ4n) is 3.42. The largest absolute Gasteiger partial charge is 0.496 e. The maximum absolute atomic E-state index is 12.0. The molecule has 0 saturated carbocycles. The third-order valence-electron chi connectivity index (χ3n) is 4.93. The summed E-state index contributed by atoms with van der Waals surface area (Å²) in [6, 6.07) is 13.7. The Bertz CT molecular complexity index is 979. The fraction of sp³-hybridized carbons (Fsp3) is 0.391. The molecule has 1 atom stereocenters. The summed E-state index contributed by atoms with van der Waals surface area (Å²) >= 11 is 0. The van der Waals surface area contributed by atoms with E-state index < -0.39 is 5.60 Å². The van der Waals surface area contributed by atoms with E-state index in [0.717, 1.165) is 16.6 Å². The van der Waals surface area contributed by atoms with Crippen LogP contribution in [0.2, 0.25) is 0 Å². The lowest BCUT2D eigenvalue weighted by Gasteiger charge is -2.33. The highest BCUT2D eigenvalue weighted by molar-refractivity contribution is 5.74. The molecule has 5 nitrogen and oxygen atoms in total. The quantitative estimate of drug-likeness (QED) is 0.732. The van der Waals surface area contributed by atoms with Crippen molar-refractivity contribution in [3.8, 4) is 5.75 Å². The third kappa shape index (κ3) is 3.86. The number of aromatic nitrogens is 2. The smallest absolute Gasteiger partial charge is 0.149 e. The van der Waals surface area contributed by atoms with Crippen molar-refractivity contribution in [1.82, 2.24) is 14.9 Å². The second-order valence-corrected chi connectivity index (χ2v) is 8.51. The van der Waals surface area contributed by atoms with E-state index in [1.54, 1.807) is 13.3 Å². The molecule has 0 fully saturated rings. The average Bonchev–Trinajstić information content (AvgIpc) is 2.65. The first-order valence-electron chi connectivity index (χ1n) is 9.43. The summed E-state index contributed by atoms with van der Waals surface area (Å²) in [4.78, 5) is 11.2. The molecule has 148 valence electrons. The molecular formula is C23H29N3O2. The minimum absolute atomic E-state index is 0.0604. The first-order valence-corrected chi connectivity index (χ1v) is 9.43. The van der Waals surface area contributed by atoms with E-state index in [9.17, 15) is 5.11 Å². The predicted octanol–water partition coefficient (Wildman–Crippen LogP) is 3.73. The van der Waals surface area contributed by atoms with Crippen molar-refractivity contribution in [2.24, 2.45) is 0 Å². The zero-order chi connectivity index (χ0) is 20.5. The van der Waals surface area contributed by atoms with Crippen LogP contribution in [0.1, 0.15) is 37.6 Å². The monoisotopic (exact) mass is 379 g/mol. The maximum atomic E-state index is 12.0. The van der Waals surface area contributed by atoms with Gasteiger partial charge in [0.25, 0.3) is 0 Å². The number of para-hydroxylation sites is 2. The van der Waals surface area contributed by atoms with E-state index in [1.807, 2.05) is 61.5 Å². The summed E-state index contributed by atoms with van der Waals surface area (Å²) in [5, 5.41) is 12.0. The molecule has 3 rings (SSSR count). The van der Waals surface area contributed by atoms with E-state index in [1.165, 1.54) is 0 Å². The van der Waals surface area contributed by atoms with Crippen LogP contribution in [-0.2, 0) is 11.0 Å². The summed E-state index contributed by atoms with van der Waals surface area (Å²) in [5.41, 5.74) is 2.44. The molecule has 3 aromatic rings. The van der Waals surface area contributed by atoms with E-state index in [-0.39, 0.29) is 5.41 Å². The lowest BCUT2D eigenvalue weighted by Crippen LogP contribution is -2.40. The second kappa shape index (κ2) is 7.49. The van der Waals surface area contributed by atoms with E-state index in [4.69, 9.17) is 9.72 Å². The van der Waals surface area contributed by atoms with Crippen LogP contribution in [0.5, 0.6) is 5.75 Å². The number of fused-ring (bicyclic) bond motifs is 1. The van der Waals surface area contributed by atoms with Crippen molar-refractivity contribution in [3.05, 3.63) is 65.5 Å². The highest BCUT2D eigenvalue weighted by Gasteiger charge is 2.38. The Morgan fingerprint density at radius 3 is 2.32 bits per heavy atom. The zero-order valence-corrected chi connectivity index (χ0v) is 17.5. The predicted molar refractivity (Wildman–Crippen MR) is 113 cm³/mol. The van der Waals surface area contributed by atoms with Gasteiger partial charge in [-0.15, -0.1) is 0 Å². The highest BCUT2D eigenvalue weighted by atomic mass is 16.5. The zero-order valence-electron chi connectivity index (χ0n) is 17.5. The van der Waals surface area contributed by atoms with E-state index >= 15 is 0 Å². The Hall–Kier alpha value is -2.50. The van der Waals surface area contributed by atoms with E-state index in [2.05, 4.69) is 25.8 Å². The number of benzene rings is 2. The molecule has 1 aromatic heterocycles. The number of ether oxygens (including phenoxy) is 1. The van der Waals surface area contributed by atoms with Crippen molar-refractivity contribution >= 4 is 11.0 Å². The van der Waals surface area contributed by atoms with Gasteiger partial charge in [-0.2, -0.15) is 0 Å². The first kappa shape index (κ1) is 20.2. The first-order chi connectivity index (χ1) is 13.1. The Morgan fingerprint density at radius 2 is 1.71 bits per heavy atom. The topological polar surface area (TPSA) is 58.5 Å². The van der Waals surface area contributed by atoms with Crippen LogP contribution in [-0.4, -0.2) is 47.7 Å². The molecule has 0 saturated heterocycles. The van der Waals surface area contributed by atoms with Crippen LogP contribution in [0.3, 0.4) is 0 Å².